The number of carbonyl (C=O) groups is 1. The number of aliphatic hydroxyl groups is 1. The van der Waals surface area contributed by atoms with E-state index in [1.807, 2.05) is 91.0 Å². The zero-order valence-corrected chi connectivity index (χ0v) is 14.1. The molecule has 126 valence electrons. The molecular formula is C22H21NO2. The fourth-order valence-electron chi connectivity index (χ4n) is 3.40. The molecule has 0 bridgehead atoms. The fraction of sp³-hybridized carbons (Fsp3) is 0.136. The van der Waals surface area contributed by atoms with E-state index in [-0.39, 0.29) is 0 Å². The maximum absolute atomic E-state index is 12.7. The van der Waals surface area contributed by atoms with E-state index in [2.05, 4.69) is 0 Å². The van der Waals surface area contributed by atoms with Gasteiger partial charge in [0.25, 0.3) is 0 Å². The molecule has 0 radical (unpaired) electrons. The predicted octanol–water partition coefficient (Wildman–Crippen LogP) is 3.37. The lowest BCUT2D eigenvalue weighted by Crippen LogP contribution is -2.56. The van der Waals surface area contributed by atoms with E-state index in [0.717, 1.165) is 0 Å². The second-order valence-electron chi connectivity index (χ2n) is 6.30. The predicted molar refractivity (Wildman–Crippen MR) is 98.9 cm³/mol. The lowest BCUT2D eigenvalue weighted by atomic mass is 9.62. The molecule has 0 aromatic heterocycles. The summed E-state index contributed by atoms with van der Waals surface area (Å²) in [6.07, 6.45) is 0. The normalized spacial score (nSPS) is 13.8. The third-order valence-electron chi connectivity index (χ3n) is 4.95. The van der Waals surface area contributed by atoms with Crippen molar-refractivity contribution < 1.29 is 9.90 Å². The number of nitrogens with two attached hydrogens (primary N) is 1. The first-order valence-electron chi connectivity index (χ1n) is 8.20. The Balaban J connectivity index is 2.36. The molecule has 0 aliphatic carbocycles. The summed E-state index contributed by atoms with van der Waals surface area (Å²) in [7, 11) is 0. The van der Waals surface area contributed by atoms with Crippen LogP contribution < -0.4 is 5.73 Å². The van der Waals surface area contributed by atoms with Crippen LogP contribution in [0.3, 0.4) is 0 Å². The van der Waals surface area contributed by atoms with Crippen molar-refractivity contribution in [2.75, 3.05) is 0 Å². The first kappa shape index (κ1) is 16.9. The van der Waals surface area contributed by atoms with Gasteiger partial charge in [-0.3, -0.25) is 4.79 Å². The van der Waals surface area contributed by atoms with Gasteiger partial charge < -0.3 is 10.8 Å². The third-order valence-corrected chi connectivity index (χ3v) is 4.95. The number of primary amides is 1. The first-order valence-corrected chi connectivity index (χ1v) is 8.20. The summed E-state index contributed by atoms with van der Waals surface area (Å²) >= 11 is 0. The highest BCUT2D eigenvalue weighted by Gasteiger charge is 2.54. The Bertz CT molecular complexity index is 807. The van der Waals surface area contributed by atoms with Gasteiger partial charge in [-0.1, -0.05) is 91.0 Å². The van der Waals surface area contributed by atoms with Crippen LogP contribution in [0.4, 0.5) is 0 Å². The quantitative estimate of drug-likeness (QED) is 0.753. The average Bonchev–Trinajstić information content (AvgIpc) is 2.68. The second kappa shape index (κ2) is 6.54. The van der Waals surface area contributed by atoms with Crippen molar-refractivity contribution in [3.63, 3.8) is 0 Å². The van der Waals surface area contributed by atoms with Crippen molar-refractivity contribution in [1.82, 2.24) is 0 Å². The Morgan fingerprint density at radius 2 is 1.04 bits per heavy atom. The number of benzene rings is 3. The number of amides is 1. The van der Waals surface area contributed by atoms with Crippen molar-refractivity contribution in [3.05, 3.63) is 108 Å². The van der Waals surface area contributed by atoms with Gasteiger partial charge in [0.15, 0.2) is 0 Å². The van der Waals surface area contributed by atoms with Crippen LogP contribution in [0.5, 0.6) is 0 Å². The van der Waals surface area contributed by atoms with Gasteiger partial charge in [0.1, 0.15) is 11.0 Å². The molecule has 0 aliphatic heterocycles. The van der Waals surface area contributed by atoms with E-state index in [1.165, 1.54) is 0 Å². The topological polar surface area (TPSA) is 63.3 Å². The van der Waals surface area contributed by atoms with Crippen molar-refractivity contribution in [3.8, 4) is 0 Å². The summed E-state index contributed by atoms with van der Waals surface area (Å²) in [4.78, 5) is 12.7. The first-order chi connectivity index (χ1) is 12.0. The van der Waals surface area contributed by atoms with Crippen LogP contribution in [-0.4, -0.2) is 11.0 Å². The Labute approximate surface area is 147 Å². The number of carbonyl (C=O) groups excluding carboxylic acids is 1. The van der Waals surface area contributed by atoms with E-state index in [0.29, 0.717) is 16.7 Å². The molecule has 1 atom stereocenters. The van der Waals surface area contributed by atoms with Gasteiger partial charge in [-0.05, 0) is 23.6 Å². The Morgan fingerprint density at radius 1 is 0.720 bits per heavy atom. The maximum atomic E-state index is 12.7. The molecule has 1 amide bonds. The van der Waals surface area contributed by atoms with Crippen LogP contribution in [0.2, 0.25) is 0 Å². The summed E-state index contributed by atoms with van der Waals surface area (Å²) in [6, 6.07) is 27.6. The Kier molecular flexibility index (Phi) is 4.43. The molecule has 0 saturated carbocycles. The summed E-state index contributed by atoms with van der Waals surface area (Å²) in [5.41, 5.74) is 4.80. The molecular weight excluding hydrogens is 310 g/mol. The average molecular weight is 331 g/mol. The lowest BCUT2D eigenvalue weighted by Gasteiger charge is -2.44. The highest BCUT2D eigenvalue weighted by Crippen LogP contribution is 2.46. The minimum absolute atomic E-state index is 0.589. The van der Waals surface area contributed by atoms with Gasteiger partial charge in [0, 0.05) is 0 Å². The van der Waals surface area contributed by atoms with Crippen molar-refractivity contribution in [2.45, 2.75) is 17.9 Å². The monoisotopic (exact) mass is 331 g/mol. The van der Waals surface area contributed by atoms with E-state index in [1.54, 1.807) is 6.92 Å². The number of hydrogen-bond donors (Lipinski definition) is 2. The molecule has 3 aromatic rings. The standard InChI is InChI=1S/C22H21NO2/c1-21(20(23)24,17-11-5-2-6-12-17)22(25,18-13-7-3-8-14-18)19-15-9-4-10-16-19/h2-16,25H,1H3,(H2,23,24). The molecule has 25 heavy (non-hydrogen) atoms. The smallest absolute Gasteiger partial charge is 0.231 e. The zero-order valence-electron chi connectivity index (χ0n) is 14.1. The van der Waals surface area contributed by atoms with Crippen LogP contribution in [0.1, 0.15) is 23.6 Å². The van der Waals surface area contributed by atoms with Gasteiger partial charge in [0.2, 0.25) is 5.91 Å². The molecule has 3 rings (SSSR count). The van der Waals surface area contributed by atoms with Crippen molar-refractivity contribution >= 4 is 5.91 Å². The molecule has 0 aliphatic rings. The molecule has 3 N–H and O–H groups in total. The molecule has 3 nitrogen and oxygen atoms in total. The zero-order chi connectivity index (χ0) is 17.9. The van der Waals surface area contributed by atoms with Crippen LogP contribution in [0, 0.1) is 0 Å². The van der Waals surface area contributed by atoms with E-state index in [4.69, 9.17) is 5.73 Å². The third kappa shape index (κ3) is 2.63. The summed E-state index contributed by atoms with van der Waals surface area (Å²) < 4.78 is 0. The van der Waals surface area contributed by atoms with Crippen LogP contribution in [0.15, 0.2) is 91.0 Å². The van der Waals surface area contributed by atoms with Crippen LogP contribution in [-0.2, 0) is 15.8 Å². The van der Waals surface area contributed by atoms with Crippen molar-refractivity contribution in [2.24, 2.45) is 5.73 Å². The molecule has 1 unspecified atom stereocenters. The summed E-state index contributed by atoms with van der Waals surface area (Å²) in [5.74, 6) is -0.589. The second-order valence-corrected chi connectivity index (χ2v) is 6.30. The van der Waals surface area contributed by atoms with Gasteiger partial charge in [-0.25, -0.2) is 0 Å². The molecule has 3 aromatic carbocycles. The summed E-state index contributed by atoms with van der Waals surface area (Å²) in [6.45, 7) is 1.70. The molecule has 0 heterocycles. The van der Waals surface area contributed by atoms with Crippen LogP contribution in [0.25, 0.3) is 0 Å². The van der Waals surface area contributed by atoms with E-state index in [9.17, 15) is 9.90 Å². The highest BCUT2D eigenvalue weighted by molar-refractivity contribution is 5.89. The number of hydrogen-bond acceptors (Lipinski definition) is 2. The Morgan fingerprint density at radius 3 is 1.36 bits per heavy atom. The van der Waals surface area contributed by atoms with Crippen molar-refractivity contribution in [1.29, 1.82) is 0 Å². The van der Waals surface area contributed by atoms with Crippen LogP contribution >= 0.6 is 0 Å². The maximum Gasteiger partial charge on any atom is 0.231 e. The molecule has 0 spiro atoms. The largest absolute Gasteiger partial charge is 0.379 e. The molecule has 0 fully saturated rings. The van der Waals surface area contributed by atoms with E-state index < -0.39 is 16.9 Å². The number of rotatable bonds is 5. The van der Waals surface area contributed by atoms with Gasteiger partial charge in [-0.2, -0.15) is 0 Å². The molecule has 3 heteroatoms. The minimum Gasteiger partial charge on any atom is -0.379 e. The SMILES string of the molecule is CC(C(N)=O)(c1ccccc1)C(O)(c1ccccc1)c1ccccc1. The summed E-state index contributed by atoms with van der Waals surface area (Å²) in [5, 5.41) is 12.0. The lowest BCUT2D eigenvalue weighted by molar-refractivity contribution is -0.132. The van der Waals surface area contributed by atoms with Gasteiger partial charge in [-0.15, -0.1) is 0 Å². The van der Waals surface area contributed by atoms with Gasteiger partial charge >= 0.3 is 0 Å². The highest BCUT2D eigenvalue weighted by atomic mass is 16.3. The fourth-order valence-corrected chi connectivity index (χ4v) is 3.40. The van der Waals surface area contributed by atoms with E-state index >= 15 is 0 Å². The van der Waals surface area contributed by atoms with Gasteiger partial charge in [0.05, 0.1) is 0 Å². The Hall–Kier alpha value is -2.91. The minimum atomic E-state index is -1.61. The molecule has 0 saturated heterocycles.